The summed E-state index contributed by atoms with van der Waals surface area (Å²) < 4.78 is 6.60. The molecule has 0 aliphatic carbocycles. The van der Waals surface area contributed by atoms with Crippen molar-refractivity contribution >= 4 is 0 Å². The molecular formula is C14H15N5O2. The van der Waals surface area contributed by atoms with Gasteiger partial charge >= 0.3 is 0 Å². The number of hydrogen-bond acceptors (Lipinski definition) is 5. The summed E-state index contributed by atoms with van der Waals surface area (Å²) in [7, 11) is 3.82. The van der Waals surface area contributed by atoms with Crippen LogP contribution in [0, 0.1) is 0 Å². The zero-order valence-electron chi connectivity index (χ0n) is 11.8. The predicted octanol–water partition coefficient (Wildman–Crippen LogP) is 1.28. The lowest BCUT2D eigenvalue weighted by Crippen LogP contribution is -2.15. The molecule has 2 heterocycles. The van der Waals surface area contributed by atoms with Gasteiger partial charge in [0, 0.05) is 6.20 Å². The Kier molecular flexibility index (Phi) is 3.41. The van der Waals surface area contributed by atoms with E-state index in [9.17, 15) is 4.79 Å². The molecule has 0 bridgehead atoms. The maximum absolute atomic E-state index is 12.4. The normalized spacial score (nSPS) is 11.2. The highest BCUT2D eigenvalue weighted by Crippen LogP contribution is 2.14. The van der Waals surface area contributed by atoms with E-state index < -0.39 is 0 Å². The maximum atomic E-state index is 12.4. The van der Waals surface area contributed by atoms with Crippen LogP contribution in [0.4, 0.5) is 0 Å². The minimum absolute atomic E-state index is 0.221. The highest BCUT2D eigenvalue weighted by atomic mass is 16.5. The van der Waals surface area contributed by atoms with Gasteiger partial charge in [-0.25, -0.2) is 4.68 Å². The van der Waals surface area contributed by atoms with E-state index in [1.54, 1.807) is 6.20 Å². The topological polar surface area (TPSA) is 80.0 Å². The van der Waals surface area contributed by atoms with Gasteiger partial charge in [-0.15, -0.1) is 0 Å². The van der Waals surface area contributed by atoms with E-state index in [2.05, 4.69) is 15.2 Å². The van der Waals surface area contributed by atoms with Gasteiger partial charge in [0.05, 0.1) is 12.2 Å². The predicted molar refractivity (Wildman–Crippen MR) is 77.1 cm³/mol. The largest absolute Gasteiger partial charge is 0.334 e. The van der Waals surface area contributed by atoms with Crippen LogP contribution >= 0.6 is 0 Å². The molecule has 0 saturated heterocycles. The molecule has 0 unspecified atom stereocenters. The van der Waals surface area contributed by atoms with E-state index in [4.69, 9.17) is 4.52 Å². The molecule has 0 radical (unpaired) electrons. The Hall–Kier alpha value is -2.67. The van der Waals surface area contributed by atoms with Crippen molar-refractivity contribution in [3.05, 3.63) is 52.7 Å². The van der Waals surface area contributed by atoms with Crippen molar-refractivity contribution in [2.75, 3.05) is 14.1 Å². The van der Waals surface area contributed by atoms with Crippen LogP contribution in [0.5, 0.6) is 0 Å². The lowest BCUT2D eigenvalue weighted by Gasteiger charge is -2.03. The second kappa shape index (κ2) is 5.37. The fourth-order valence-corrected chi connectivity index (χ4v) is 2.00. The monoisotopic (exact) mass is 285 g/mol. The van der Waals surface area contributed by atoms with Crippen molar-refractivity contribution < 1.29 is 4.52 Å². The van der Waals surface area contributed by atoms with Crippen LogP contribution in [0.2, 0.25) is 0 Å². The highest BCUT2D eigenvalue weighted by molar-refractivity contribution is 5.51. The van der Waals surface area contributed by atoms with Crippen molar-refractivity contribution in [1.29, 1.82) is 0 Å². The number of nitrogens with one attached hydrogen (secondary N) is 1. The first-order valence-corrected chi connectivity index (χ1v) is 6.48. The molecule has 0 saturated carbocycles. The number of nitrogens with zero attached hydrogens (tertiary/aromatic N) is 4. The van der Waals surface area contributed by atoms with Crippen LogP contribution in [0.25, 0.3) is 17.1 Å². The van der Waals surface area contributed by atoms with Gasteiger partial charge in [0.2, 0.25) is 0 Å². The molecule has 0 atom stereocenters. The lowest BCUT2D eigenvalue weighted by molar-refractivity contribution is 0.365. The zero-order chi connectivity index (χ0) is 14.8. The third-order valence-electron chi connectivity index (χ3n) is 2.94. The first kappa shape index (κ1) is 13.3. The Balaban J connectivity index is 1.96. The molecule has 21 heavy (non-hydrogen) atoms. The van der Waals surface area contributed by atoms with Gasteiger partial charge < -0.3 is 9.42 Å². The Morgan fingerprint density at radius 1 is 1.29 bits per heavy atom. The fraction of sp³-hybridized carbons (Fsp3) is 0.214. The van der Waals surface area contributed by atoms with E-state index in [-0.39, 0.29) is 11.4 Å². The zero-order valence-corrected chi connectivity index (χ0v) is 11.8. The molecule has 0 aliphatic heterocycles. The van der Waals surface area contributed by atoms with Gasteiger partial charge in [-0.3, -0.25) is 9.89 Å². The number of hydrogen-bond donors (Lipinski definition) is 1. The van der Waals surface area contributed by atoms with Gasteiger partial charge in [0.1, 0.15) is 5.56 Å². The molecule has 7 heteroatoms. The molecule has 0 aliphatic rings. The van der Waals surface area contributed by atoms with Crippen LogP contribution in [0.15, 0.2) is 45.8 Å². The SMILES string of the molecule is CN(C)Cc1noc(-c2c[nH]n(-c3ccccc3)c2=O)n1. The average Bonchev–Trinajstić information content (AvgIpc) is 3.06. The number of para-hydroxylation sites is 1. The van der Waals surface area contributed by atoms with Gasteiger partial charge in [-0.1, -0.05) is 23.4 Å². The average molecular weight is 285 g/mol. The van der Waals surface area contributed by atoms with E-state index in [0.717, 1.165) is 5.69 Å². The van der Waals surface area contributed by atoms with E-state index in [0.29, 0.717) is 17.9 Å². The number of H-pyrrole nitrogens is 1. The Bertz CT molecular complexity index is 785. The second-order valence-electron chi connectivity index (χ2n) is 4.92. The van der Waals surface area contributed by atoms with Gasteiger partial charge in [0.25, 0.3) is 11.4 Å². The summed E-state index contributed by atoms with van der Waals surface area (Å²) in [4.78, 5) is 18.6. The molecule has 2 aromatic heterocycles. The summed E-state index contributed by atoms with van der Waals surface area (Å²) in [6, 6.07) is 9.30. The van der Waals surface area contributed by atoms with Crippen LogP contribution < -0.4 is 5.56 Å². The van der Waals surface area contributed by atoms with Crippen LogP contribution in [0.3, 0.4) is 0 Å². The summed E-state index contributed by atoms with van der Waals surface area (Å²) in [6.07, 6.45) is 1.57. The smallest absolute Gasteiger partial charge is 0.284 e. The summed E-state index contributed by atoms with van der Waals surface area (Å²) in [5.74, 6) is 0.768. The minimum atomic E-state index is -0.221. The fourth-order valence-electron chi connectivity index (χ4n) is 2.00. The Morgan fingerprint density at radius 3 is 2.76 bits per heavy atom. The second-order valence-corrected chi connectivity index (χ2v) is 4.92. The maximum Gasteiger partial charge on any atom is 0.284 e. The third kappa shape index (κ3) is 2.63. The van der Waals surface area contributed by atoms with Crippen molar-refractivity contribution in [2.24, 2.45) is 0 Å². The molecule has 3 aromatic rings. The van der Waals surface area contributed by atoms with Crippen LogP contribution in [0.1, 0.15) is 5.82 Å². The first-order valence-electron chi connectivity index (χ1n) is 6.48. The summed E-state index contributed by atoms with van der Waals surface area (Å²) in [5, 5.41) is 6.77. The quantitative estimate of drug-likeness (QED) is 0.781. The standard InChI is InChI=1S/C14H15N5O2/c1-18(2)9-12-16-13(21-17-12)11-8-15-19(14(11)20)10-6-4-3-5-7-10/h3-8,15H,9H2,1-2H3. The van der Waals surface area contributed by atoms with Crippen molar-refractivity contribution in [3.63, 3.8) is 0 Å². The van der Waals surface area contributed by atoms with Gasteiger partial charge in [-0.05, 0) is 26.2 Å². The van der Waals surface area contributed by atoms with E-state index in [1.165, 1.54) is 4.68 Å². The van der Waals surface area contributed by atoms with E-state index >= 15 is 0 Å². The molecule has 3 rings (SSSR count). The minimum Gasteiger partial charge on any atom is -0.334 e. The first-order chi connectivity index (χ1) is 10.1. The Morgan fingerprint density at radius 2 is 2.05 bits per heavy atom. The number of aromatic nitrogens is 4. The number of aromatic amines is 1. The van der Waals surface area contributed by atoms with Crippen LogP contribution in [-0.4, -0.2) is 38.9 Å². The molecule has 0 spiro atoms. The summed E-state index contributed by atoms with van der Waals surface area (Å²) in [5.41, 5.74) is 0.888. The van der Waals surface area contributed by atoms with E-state index in [1.807, 2.05) is 49.3 Å². The highest BCUT2D eigenvalue weighted by Gasteiger charge is 2.16. The van der Waals surface area contributed by atoms with Gasteiger partial charge in [0.15, 0.2) is 5.82 Å². The molecule has 0 amide bonds. The summed E-state index contributed by atoms with van der Waals surface area (Å²) in [6.45, 7) is 0.556. The van der Waals surface area contributed by atoms with Gasteiger partial charge in [-0.2, -0.15) is 4.98 Å². The molecule has 108 valence electrons. The molecular weight excluding hydrogens is 270 g/mol. The molecule has 1 aromatic carbocycles. The number of benzene rings is 1. The molecule has 0 fully saturated rings. The lowest BCUT2D eigenvalue weighted by atomic mass is 10.3. The molecule has 7 nitrogen and oxygen atoms in total. The van der Waals surface area contributed by atoms with Crippen molar-refractivity contribution in [3.8, 4) is 17.1 Å². The molecule has 1 N–H and O–H groups in total. The summed E-state index contributed by atoms with van der Waals surface area (Å²) >= 11 is 0. The van der Waals surface area contributed by atoms with Crippen LogP contribution in [-0.2, 0) is 6.54 Å². The van der Waals surface area contributed by atoms with Crippen molar-refractivity contribution in [1.82, 2.24) is 24.8 Å². The Labute approximate surface area is 120 Å². The van der Waals surface area contributed by atoms with Crippen molar-refractivity contribution in [2.45, 2.75) is 6.54 Å². The third-order valence-corrected chi connectivity index (χ3v) is 2.94. The number of rotatable bonds is 4.